The lowest BCUT2D eigenvalue weighted by Crippen LogP contribution is -2.33. The van der Waals surface area contributed by atoms with Crippen molar-refractivity contribution in [1.29, 1.82) is 0 Å². The molecule has 0 amide bonds. The largest absolute Gasteiger partial charge is 0.425 e. The van der Waals surface area contributed by atoms with Gasteiger partial charge >= 0.3 is 5.97 Å². The first-order valence-corrected chi connectivity index (χ1v) is 9.39. The number of likely N-dealkylation sites (N-methyl/N-ethyl adjacent to an activating group) is 2. The van der Waals surface area contributed by atoms with E-state index in [1.54, 1.807) is 12.1 Å². The zero-order valence-corrected chi connectivity index (χ0v) is 15.2. The molecular formula is C16H23N3O4S. The summed E-state index contributed by atoms with van der Waals surface area (Å²) < 4.78 is 29.2. The Bertz CT molecular complexity index is 827. The lowest BCUT2D eigenvalue weighted by molar-refractivity contribution is -0.134. The molecule has 132 valence electrons. The monoisotopic (exact) mass is 353 g/mol. The van der Waals surface area contributed by atoms with E-state index in [1.165, 1.54) is 7.05 Å². The van der Waals surface area contributed by atoms with Crippen molar-refractivity contribution in [2.45, 2.75) is 6.42 Å². The van der Waals surface area contributed by atoms with Crippen LogP contribution in [0.4, 0.5) is 0 Å². The van der Waals surface area contributed by atoms with Gasteiger partial charge in [-0.3, -0.25) is 4.79 Å². The van der Waals surface area contributed by atoms with Gasteiger partial charge in [0.05, 0.1) is 6.26 Å². The molecule has 0 bridgehead atoms. The highest BCUT2D eigenvalue weighted by Crippen LogP contribution is 2.29. The minimum atomic E-state index is -3.43. The molecular weight excluding hydrogens is 330 g/mol. The van der Waals surface area contributed by atoms with Crippen molar-refractivity contribution in [1.82, 2.24) is 14.2 Å². The summed E-state index contributed by atoms with van der Waals surface area (Å²) in [4.78, 5) is 17.3. The molecule has 0 aliphatic carbocycles. The number of hydrogen-bond donors (Lipinski definition) is 1. The van der Waals surface area contributed by atoms with Gasteiger partial charge in [-0.2, -0.15) is 4.31 Å². The summed E-state index contributed by atoms with van der Waals surface area (Å²) in [5.74, 6) is -0.176. The first-order valence-electron chi connectivity index (χ1n) is 7.54. The predicted octanol–water partition coefficient (Wildman–Crippen LogP) is 1.07. The number of benzene rings is 1. The van der Waals surface area contributed by atoms with E-state index in [2.05, 4.69) is 9.88 Å². The van der Waals surface area contributed by atoms with Gasteiger partial charge in [0, 0.05) is 30.7 Å². The number of fused-ring (bicyclic) bond motifs is 1. The maximum Gasteiger partial charge on any atom is 0.326 e. The number of sulfonamides is 1. The molecule has 0 saturated carbocycles. The number of esters is 1. The third-order valence-corrected chi connectivity index (χ3v) is 4.98. The number of hydrogen-bond acceptors (Lipinski definition) is 5. The molecule has 0 aliphatic heterocycles. The Hall–Kier alpha value is -1.90. The average molecular weight is 353 g/mol. The highest BCUT2D eigenvalue weighted by molar-refractivity contribution is 7.88. The standard InChI is InChI=1S/C16H23N3O4S/c1-18(2)9-8-12-10-17-13-6-5-7-14(16(12)13)23-15(20)11-19(3)24(4,21)22/h5-7,10,17H,8-9,11H2,1-4H3. The molecule has 0 unspecified atom stereocenters. The van der Waals surface area contributed by atoms with Crippen molar-refractivity contribution in [3.05, 3.63) is 30.0 Å². The second-order valence-electron chi connectivity index (χ2n) is 6.04. The molecule has 0 atom stereocenters. The summed E-state index contributed by atoms with van der Waals surface area (Å²) in [7, 11) is 1.91. The summed E-state index contributed by atoms with van der Waals surface area (Å²) in [6.07, 6.45) is 3.77. The van der Waals surface area contributed by atoms with E-state index in [0.29, 0.717) is 5.75 Å². The van der Waals surface area contributed by atoms with Gasteiger partial charge < -0.3 is 14.6 Å². The minimum absolute atomic E-state index is 0.327. The number of carbonyl (C=O) groups is 1. The number of carbonyl (C=O) groups excluding carboxylic acids is 1. The maximum atomic E-state index is 12.1. The van der Waals surface area contributed by atoms with Crippen LogP contribution in [0.3, 0.4) is 0 Å². The smallest absolute Gasteiger partial charge is 0.326 e. The number of aromatic amines is 1. The fraction of sp³-hybridized carbons (Fsp3) is 0.438. The topological polar surface area (TPSA) is 82.7 Å². The third-order valence-electron chi connectivity index (χ3n) is 3.72. The predicted molar refractivity (Wildman–Crippen MR) is 93.7 cm³/mol. The van der Waals surface area contributed by atoms with Crippen LogP contribution in [0, 0.1) is 0 Å². The molecule has 0 spiro atoms. The molecule has 2 aromatic rings. The van der Waals surface area contributed by atoms with Gasteiger partial charge in [0.25, 0.3) is 0 Å². The molecule has 2 rings (SSSR count). The van der Waals surface area contributed by atoms with Crippen molar-refractivity contribution >= 4 is 26.9 Å². The number of H-pyrrole nitrogens is 1. The zero-order valence-electron chi connectivity index (χ0n) is 14.4. The van der Waals surface area contributed by atoms with Crippen LogP contribution in [0.15, 0.2) is 24.4 Å². The van der Waals surface area contributed by atoms with Crippen LogP contribution in [-0.4, -0.2) is 69.1 Å². The van der Waals surface area contributed by atoms with Crippen molar-refractivity contribution in [2.75, 3.05) is 40.5 Å². The van der Waals surface area contributed by atoms with Crippen LogP contribution < -0.4 is 4.74 Å². The molecule has 24 heavy (non-hydrogen) atoms. The Morgan fingerprint density at radius 3 is 2.58 bits per heavy atom. The van der Waals surface area contributed by atoms with Gasteiger partial charge in [-0.1, -0.05) is 6.07 Å². The van der Waals surface area contributed by atoms with Gasteiger partial charge in [-0.25, -0.2) is 8.42 Å². The Labute approximate surface area is 142 Å². The van der Waals surface area contributed by atoms with Crippen LogP contribution in [0.5, 0.6) is 5.75 Å². The van der Waals surface area contributed by atoms with Crippen molar-refractivity contribution in [2.24, 2.45) is 0 Å². The lowest BCUT2D eigenvalue weighted by atomic mass is 10.1. The Kier molecular flexibility index (Phi) is 5.63. The average Bonchev–Trinajstić information content (AvgIpc) is 2.88. The quantitative estimate of drug-likeness (QED) is 0.595. The zero-order chi connectivity index (χ0) is 17.9. The van der Waals surface area contributed by atoms with Gasteiger partial charge in [-0.05, 0) is 38.2 Å². The molecule has 1 aromatic heterocycles. The first-order chi connectivity index (χ1) is 11.2. The SMILES string of the molecule is CN(C)CCc1c[nH]c2cccc(OC(=O)CN(C)S(C)(=O)=O)c12. The molecule has 1 heterocycles. The van der Waals surface area contributed by atoms with Crippen LogP contribution in [0.25, 0.3) is 10.9 Å². The Morgan fingerprint density at radius 1 is 1.25 bits per heavy atom. The fourth-order valence-electron chi connectivity index (χ4n) is 2.30. The van der Waals surface area contributed by atoms with E-state index >= 15 is 0 Å². The molecule has 1 aromatic carbocycles. The number of rotatable bonds is 7. The van der Waals surface area contributed by atoms with E-state index in [0.717, 1.165) is 40.0 Å². The van der Waals surface area contributed by atoms with E-state index in [-0.39, 0.29) is 6.54 Å². The summed E-state index contributed by atoms with van der Waals surface area (Å²) in [5, 5.41) is 0.856. The summed E-state index contributed by atoms with van der Waals surface area (Å²) in [6, 6.07) is 5.42. The van der Waals surface area contributed by atoms with Crippen LogP contribution in [0.1, 0.15) is 5.56 Å². The fourth-order valence-corrected chi connectivity index (χ4v) is 2.64. The van der Waals surface area contributed by atoms with E-state index in [9.17, 15) is 13.2 Å². The minimum Gasteiger partial charge on any atom is -0.425 e. The number of nitrogens with one attached hydrogen (secondary N) is 1. The number of aromatic nitrogens is 1. The molecule has 0 aliphatic rings. The normalized spacial score (nSPS) is 12.2. The molecule has 0 saturated heterocycles. The van der Waals surface area contributed by atoms with Gasteiger partial charge in [0.2, 0.25) is 10.0 Å². The van der Waals surface area contributed by atoms with Gasteiger partial charge in [-0.15, -0.1) is 0 Å². The molecule has 8 heteroatoms. The summed E-state index contributed by atoms with van der Waals surface area (Å²) in [5.41, 5.74) is 1.93. The number of nitrogens with zero attached hydrogens (tertiary/aromatic N) is 2. The number of ether oxygens (including phenoxy) is 1. The maximum absolute atomic E-state index is 12.1. The van der Waals surface area contributed by atoms with Crippen molar-refractivity contribution in [3.8, 4) is 5.75 Å². The Balaban J connectivity index is 2.22. The van der Waals surface area contributed by atoms with Gasteiger partial charge in [0.1, 0.15) is 12.3 Å². The highest BCUT2D eigenvalue weighted by Gasteiger charge is 2.18. The van der Waals surface area contributed by atoms with Crippen LogP contribution >= 0.6 is 0 Å². The molecule has 7 nitrogen and oxygen atoms in total. The van der Waals surface area contributed by atoms with Crippen LogP contribution in [0.2, 0.25) is 0 Å². The van der Waals surface area contributed by atoms with Crippen molar-refractivity contribution in [3.63, 3.8) is 0 Å². The van der Waals surface area contributed by atoms with Gasteiger partial charge in [0.15, 0.2) is 0 Å². The van der Waals surface area contributed by atoms with Crippen molar-refractivity contribution < 1.29 is 17.9 Å². The van der Waals surface area contributed by atoms with E-state index in [4.69, 9.17) is 4.74 Å². The van der Waals surface area contributed by atoms with E-state index in [1.807, 2.05) is 26.4 Å². The molecule has 0 radical (unpaired) electrons. The first kappa shape index (κ1) is 18.4. The molecule has 1 N–H and O–H groups in total. The summed E-state index contributed by atoms with van der Waals surface area (Å²) in [6.45, 7) is 0.540. The lowest BCUT2D eigenvalue weighted by Gasteiger charge is -2.14. The second-order valence-corrected chi connectivity index (χ2v) is 8.13. The molecule has 0 fully saturated rings. The second kappa shape index (κ2) is 7.33. The van der Waals surface area contributed by atoms with Crippen LogP contribution in [-0.2, 0) is 21.2 Å². The Morgan fingerprint density at radius 2 is 1.96 bits per heavy atom. The van der Waals surface area contributed by atoms with E-state index < -0.39 is 16.0 Å². The summed E-state index contributed by atoms with van der Waals surface area (Å²) >= 11 is 0. The highest BCUT2D eigenvalue weighted by atomic mass is 32.2. The third kappa shape index (κ3) is 4.56.